The van der Waals surface area contributed by atoms with E-state index in [1.165, 1.54) is 0 Å². The molecular formula is C16H19N3O2. The van der Waals surface area contributed by atoms with E-state index in [4.69, 9.17) is 14.5 Å². The van der Waals surface area contributed by atoms with E-state index >= 15 is 0 Å². The van der Waals surface area contributed by atoms with Gasteiger partial charge in [-0.05, 0) is 12.1 Å². The molecule has 110 valence electrons. The molecule has 1 fully saturated rings. The Hall–Kier alpha value is -1.85. The van der Waals surface area contributed by atoms with Crippen LogP contribution in [0.5, 0.6) is 5.75 Å². The van der Waals surface area contributed by atoms with E-state index in [-0.39, 0.29) is 0 Å². The van der Waals surface area contributed by atoms with Crippen molar-refractivity contribution >= 4 is 0 Å². The zero-order valence-electron chi connectivity index (χ0n) is 12.0. The molecule has 2 aromatic rings. The Morgan fingerprint density at radius 3 is 2.90 bits per heavy atom. The van der Waals surface area contributed by atoms with Crippen LogP contribution in [0.1, 0.15) is 11.5 Å². The van der Waals surface area contributed by atoms with Gasteiger partial charge in [0, 0.05) is 32.3 Å². The maximum atomic E-state index is 5.75. The highest BCUT2D eigenvalue weighted by atomic mass is 16.5. The van der Waals surface area contributed by atoms with Gasteiger partial charge in [-0.2, -0.15) is 0 Å². The van der Waals surface area contributed by atoms with E-state index in [0.717, 1.165) is 62.2 Å². The van der Waals surface area contributed by atoms with Gasteiger partial charge in [0.05, 0.1) is 24.6 Å². The third-order valence-electron chi connectivity index (χ3n) is 4.10. The van der Waals surface area contributed by atoms with Crippen molar-refractivity contribution in [2.45, 2.75) is 13.0 Å². The summed E-state index contributed by atoms with van der Waals surface area (Å²) in [5.41, 5.74) is 2.22. The van der Waals surface area contributed by atoms with Crippen molar-refractivity contribution in [2.75, 3.05) is 32.8 Å². The van der Waals surface area contributed by atoms with E-state index in [1.54, 1.807) is 0 Å². The van der Waals surface area contributed by atoms with Crippen LogP contribution in [0.15, 0.2) is 30.5 Å². The van der Waals surface area contributed by atoms with Crippen molar-refractivity contribution < 1.29 is 9.47 Å². The zero-order chi connectivity index (χ0) is 14.1. The molecule has 1 aromatic heterocycles. The van der Waals surface area contributed by atoms with Crippen LogP contribution in [0.4, 0.5) is 0 Å². The molecule has 21 heavy (non-hydrogen) atoms. The van der Waals surface area contributed by atoms with Gasteiger partial charge in [0.15, 0.2) is 5.82 Å². The van der Waals surface area contributed by atoms with E-state index in [2.05, 4.69) is 21.7 Å². The van der Waals surface area contributed by atoms with Crippen molar-refractivity contribution in [3.8, 4) is 11.4 Å². The lowest BCUT2D eigenvalue weighted by molar-refractivity contribution is 0.0383. The molecule has 0 radical (unpaired) electrons. The quantitative estimate of drug-likeness (QED) is 0.859. The molecule has 0 N–H and O–H groups in total. The first kappa shape index (κ1) is 12.9. The third-order valence-corrected chi connectivity index (χ3v) is 4.10. The average Bonchev–Trinajstić information content (AvgIpc) is 2.97. The number of hydrogen-bond acceptors (Lipinski definition) is 4. The number of aromatic nitrogens is 2. The number of imidazole rings is 1. The Morgan fingerprint density at radius 2 is 2.00 bits per heavy atom. The molecule has 0 atom stereocenters. The number of benzene rings is 1. The molecule has 5 heteroatoms. The van der Waals surface area contributed by atoms with Gasteiger partial charge < -0.3 is 9.47 Å². The zero-order valence-corrected chi connectivity index (χ0v) is 12.0. The van der Waals surface area contributed by atoms with Crippen LogP contribution in [0.25, 0.3) is 5.69 Å². The van der Waals surface area contributed by atoms with E-state index in [0.29, 0.717) is 6.61 Å². The average molecular weight is 285 g/mol. The van der Waals surface area contributed by atoms with Gasteiger partial charge in [0.2, 0.25) is 0 Å². The van der Waals surface area contributed by atoms with Crippen LogP contribution in [-0.4, -0.2) is 47.3 Å². The fraction of sp³-hybridized carbons (Fsp3) is 0.438. The molecule has 0 bridgehead atoms. The molecule has 1 saturated heterocycles. The lowest BCUT2D eigenvalue weighted by Gasteiger charge is -2.26. The summed E-state index contributed by atoms with van der Waals surface area (Å²) in [6, 6.07) is 8.11. The summed E-state index contributed by atoms with van der Waals surface area (Å²) in [4.78, 5) is 7.15. The minimum atomic E-state index is 0.550. The predicted molar refractivity (Wildman–Crippen MR) is 78.9 cm³/mol. The third kappa shape index (κ3) is 2.54. The number of nitrogens with zero attached hydrogens (tertiary/aromatic N) is 3. The lowest BCUT2D eigenvalue weighted by Crippen LogP contribution is -2.37. The first-order chi connectivity index (χ1) is 10.4. The summed E-state index contributed by atoms with van der Waals surface area (Å²) in [7, 11) is 0. The molecule has 0 saturated carbocycles. The fourth-order valence-electron chi connectivity index (χ4n) is 2.92. The molecule has 5 nitrogen and oxygen atoms in total. The van der Waals surface area contributed by atoms with Gasteiger partial charge in [-0.1, -0.05) is 12.1 Å². The van der Waals surface area contributed by atoms with Crippen LogP contribution < -0.4 is 4.74 Å². The Kier molecular flexibility index (Phi) is 3.37. The maximum Gasteiger partial charge on any atom is 0.151 e. The number of ether oxygens (including phenoxy) is 2. The van der Waals surface area contributed by atoms with Gasteiger partial charge in [-0.3, -0.25) is 9.47 Å². The highest BCUT2D eigenvalue weighted by Gasteiger charge is 2.19. The minimum absolute atomic E-state index is 0.550. The maximum absolute atomic E-state index is 5.75. The summed E-state index contributed by atoms with van der Waals surface area (Å²) >= 11 is 0. The normalized spacial score (nSPS) is 17.9. The summed E-state index contributed by atoms with van der Waals surface area (Å²) in [5, 5.41) is 0. The van der Waals surface area contributed by atoms with Gasteiger partial charge in [-0.15, -0.1) is 0 Å². The largest absolute Gasteiger partial charge is 0.483 e. The molecule has 0 amide bonds. The van der Waals surface area contributed by atoms with E-state index in [1.807, 2.05) is 18.2 Å². The molecule has 0 unspecified atom stereocenters. The summed E-state index contributed by atoms with van der Waals surface area (Å²) in [6.45, 7) is 5.34. The summed E-state index contributed by atoms with van der Waals surface area (Å²) in [6.07, 6.45) is 3.12. The smallest absolute Gasteiger partial charge is 0.151 e. The number of morpholine rings is 1. The van der Waals surface area contributed by atoms with Crippen LogP contribution in [0, 0.1) is 0 Å². The second-order valence-corrected chi connectivity index (χ2v) is 5.48. The lowest BCUT2D eigenvalue weighted by atomic mass is 10.2. The summed E-state index contributed by atoms with van der Waals surface area (Å²) in [5.74, 6) is 1.92. The SMILES string of the molecule is c1ccc2c(c1)OCc1nc(CCN3CCOCC3)cn1-2. The highest BCUT2D eigenvalue weighted by Crippen LogP contribution is 2.29. The molecule has 2 aliphatic rings. The van der Waals surface area contributed by atoms with Crippen LogP contribution in [0.3, 0.4) is 0 Å². The van der Waals surface area contributed by atoms with Gasteiger partial charge >= 0.3 is 0 Å². The molecule has 0 aliphatic carbocycles. The second kappa shape index (κ2) is 5.50. The van der Waals surface area contributed by atoms with Crippen LogP contribution in [0.2, 0.25) is 0 Å². The van der Waals surface area contributed by atoms with E-state index < -0.39 is 0 Å². The monoisotopic (exact) mass is 285 g/mol. The topological polar surface area (TPSA) is 39.5 Å². The Morgan fingerprint density at radius 1 is 1.14 bits per heavy atom. The predicted octanol–water partition coefficient (Wildman–Crippen LogP) is 1.64. The molecule has 4 rings (SSSR count). The van der Waals surface area contributed by atoms with Crippen LogP contribution in [-0.2, 0) is 17.8 Å². The molecule has 2 aliphatic heterocycles. The first-order valence-electron chi connectivity index (χ1n) is 7.49. The Bertz CT molecular complexity index is 632. The van der Waals surface area contributed by atoms with Crippen molar-refractivity contribution in [3.05, 3.63) is 42.0 Å². The Balaban J connectivity index is 1.50. The van der Waals surface area contributed by atoms with E-state index in [9.17, 15) is 0 Å². The molecule has 0 spiro atoms. The first-order valence-corrected chi connectivity index (χ1v) is 7.49. The second-order valence-electron chi connectivity index (χ2n) is 5.48. The number of rotatable bonds is 3. The van der Waals surface area contributed by atoms with Crippen LogP contribution >= 0.6 is 0 Å². The van der Waals surface area contributed by atoms with Crippen molar-refractivity contribution in [3.63, 3.8) is 0 Å². The number of hydrogen-bond donors (Lipinski definition) is 0. The Labute approximate surface area is 124 Å². The van der Waals surface area contributed by atoms with Gasteiger partial charge in [0.1, 0.15) is 12.4 Å². The molecular weight excluding hydrogens is 266 g/mol. The highest BCUT2D eigenvalue weighted by molar-refractivity contribution is 5.49. The van der Waals surface area contributed by atoms with Crippen molar-refractivity contribution in [2.24, 2.45) is 0 Å². The van der Waals surface area contributed by atoms with Gasteiger partial charge in [0.25, 0.3) is 0 Å². The minimum Gasteiger partial charge on any atom is -0.483 e. The summed E-state index contributed by atoms with van der Waals surface area (Å²) < 4.78 is 13.3. The number of para-hydroxylation sites is 2. The van der Waals surface area contributed by atoms with Gasteiger partial charge in [-0.25, -0.2) is 4.98 Å². The molecule has 3 heterocycles. The standard InChI is InChI=1S/C16H19N3O2/c1-2-4-15-14(3-1)19-11-13(17-16(19)12-21-15)5-6-18-7-9-20-10-8-18/h1-4,11H,5-10,12H2. The van der Waals surface area contributed by atoms with Crippen molar-refractivity contribution in [1.29, 1.82) is 0 Å². The molecule has 1 aromatic carbocycles. The van der Waals surface area contributed by atoms with Crippen molar-refractivity contribution in [1.82, 2.24) is 14.5 Å². The fourth-order valence-corrected chi connectivity index (χ4v) is 2.92. The number of fused-ring (bicyclic) bond motifs is 3.